The van der Waals surface area contributed by atoms with Crippen LogP contribution in [0, 0.1) is 13.8 Å². The van der Waals surface area contributed by atoms with Crippen molar-refractivity contribution in [2.45, 2.75) is 72.4 Å². The molecule has 1 aromatic heterocycles. The van der Waals surface area contributed by atoms with Crippen LogP contribution in [0.5, 0.6) is 0 Å². The first-order valence-corrected chi connectivity index (χ1v) is 26.9. The number of nitrogens with zero attached hydrogens (tertiary/aromatic N) is 2. The van der Waals surface area contributed by atoms with Crippen LogP contribution in [0.3, 0.4) is 0 Å². The van der Waals surface area contributed by atoms with Gasteiger partial charge in [0.25, 0.3) is 0 Å². The van der Waals surface area contributed by atoms with Crippen LogP contribution in [0.15, 0.2) is 133 Å². The lowest BCUT2D eigenvalue weighted by atomic mass is 9.81. The molecule has 0 amide bonds. The van der Waals surface area contributed by atoms with E-state index >= 15 is 0 Å². The third kappa shape index (κ3) is 5.72. The number of aryl methyl sites for hydroxylation is 2. The van der Waals surface area contributed by atoms with E-state index in [-0.39, 0.29) is 5.41 Å². The fourth-order valence-corrected chi connectivity index (χ4v) is 11.4. The molecule has 0 atom stereocenters. The number of hydrogen-bond donors (Lipinski definition) is 0. The zero-order valence-electron chi connectivity index (χ0n) is 34.1. The first kappa shape index (κ1) is 35.5. The summed E-state index contributed by atoms with van der Waals surface area (Å²) in [6.45, 7) is 23.8. The molecule has 0 saturated carbocycles. The van der Waals surface area contributed by atoms with Crippen molar-refractivity contribution in [1.29, 1.82) is 0 Å². The number of benzene rings is 7. The smallest absolute Gasteiger partial charge is 0.0775 e. The van der Waals surface area contributed by atoms with Gasteiger partial charge in [0.1, 0.15) is 0 Å². The monoisotopic (exact) mass is 748 g/mol. The molecule has 0 bridgehead atoms. The van der Waals surface area contributed by atoms with E-state index in [0.29, 0.717) is 0 Å². The maximum absolute atomic E-state index is 2.52. The van der Waals surface area contributed by atoms with Crippen LogP contribution < -0.4 is 15.3 Å². The molecule has 1 aliphatic rings. The Labute approximate surface area is 329 Å². The average Bonchev–Trinajstić information content (AvgIpc) is 3.58. The second-order valence-electron chi connectivity index (χ2n) is 18.5. The quantitative estimate of drug-likeness (QED) is 0.154. The van der Waals surface area contributed by atoms with Gasteiger partial charge in [-0.05, 0) is 108 Å². The van der Waals surface area contributed by atoms with Crippen LogP contribution in [0.25, 0.3) is 49.4 Å². The van der Waals surface area contributed by atoms with E-state index in [1.54, 1.807) is 0 Å². The van der Waals surface area contributed by atoms with E-state index in [1.807, 2.05) is 0 Å². The molecule has 0 fully saturated rings. The van der Waals surface area contributed by atoms with Gasteiger partial charge in [0.2, 0.25) is 0 Å². The van der Waals surface area contributed by atoms with Crippen LogP contribution >= 0.6 is 0 Å². The zero-order valence-corrected chi connectivity index (χ0v) is 36.1. The molecule has 7 aromatic carbocycles. The van der Waals surface area contributed by atoms with E-state index in [1.165, 1.54) is 99.1 Å². The Hall–Kier alpha value is -5.17. The summed E-state index contributed by atoms with van der Waals surface area (Å²) in [4.78, 5) is 2.47. The van der Waals surface area contributed by atoms with Gasteiger partial charge < -0.3 is 9.47 Å². The zero-order chi connectivity index (χ0) is 38.6. The molecule has 8 aromatic rings. The minimum absolute atomic E-state index is 0.222. The summed E-state index contributed by atoms with van der Waals surface area (Å²) < 4.78 is 2.52. The Morgan fingerprint density at radius 1 is 0.473 bits per heavy atom. The van der Waals surface area contributed by atoms with Crippen LogP contribution in [-0.2, 0) is 5.41 Å². The Balaban J connectivity index is 1.25. The Bertz CT molecular complexity index is 2690. The highest BCUT2D eigenvalue weighted by molar-refractivity contribution is 6.89. The molecule has 274 valence electrons. The molecule has 0 aliphatic heterocycles. The Kier molecular flexibility index (Phi) is 8.03. The van der Waals surface area contributed by atoms with Crippen molar-refractivity contribution in [3.63, 3.8) is 0 Å². The van der Waals surface area contributed by atoms with Crippen molar-refractivity contribution in [2.75, 3.05) is 4.90 Å². The molecule has 0 saturated heterocycles. The number of fused-ring (bicyclic) bond motifs is 8. The molecular formula is C51H52N2Si2. The van der Waals surface area contributed by atoms with Crippen molar-refractivity contribution in [1.82, 2.24) is 4.57 Å². The first-order chi connectivity index (χ1) is 26.1. The predicted molar refractivity (Wildman–Crippen MR) is 246 cm³/mol. The van der Waals surface area contributed by atoms with Crippen LogP contribution in [0.2, 0.25) is 39.3 Å². The van der Waals surface area contributed by atoms with Gasteiger partial charge in [0, 0.05) is 38.6 Å². The normalized spacial score (nSPS) is 13.8. The lowest BCUT2D eigenvalue weighted by Crippen LogP contribution is -2.37. The fourth-order valence-electron chi connectivity index (χ4n) is 9.05. The van der Waals surface area contributed by atoms with E-state index in [0.717, 1.165) is 0 Å². The molecule has 55 heavy (non-hydrogen) atoms. The molecule has 2 nitrogen and oxygen atoms in total. The molecule has 1 aliphatic carbocycles. The third-order valence-corrected chi connectivity index (χ3v) is 16.3. The summed E-state index contributed by atoms with van der Waals surface area (Å²) in [5.74, 6) is 0. The molecular weight excluding hydrogens is 697 g/mol. The minimum atomic E-state index is -1.45. The van der Waals surface area contributed by atoms with E-state index < -0.39 is 16.1 Å². The number of rotatable bonds is 6. The van der Waals surface area contributed by atoms with Gasteiger partial charge in [-0.25, -0.2) is 0 Å². The summed E-state index contributed by atoms with van der Waals surface area (Å²) in [6.07, 6.45) is 0. The Morgan fingerprint density at radius 2 is 0.964 bits per heavy atom. The highest BCUT2D eigenvalue weighted by atomic mass is 28.3. The second-order valence-corrected chi connectivity index (χ2v) is 28.7. The van der Waals surface area contributed by atoms with Crippen molar-refractivity contribution in [3.05, 3.63) is 156 Å². The first-order valence-electron chi connectivity index (χ1n) is 19.9. The van der Waals surface area contributed by atoms with Crippen molar-refractivity contribution in [2.24, 2.45) is 0 Å². The summed E-state index contributed by atoms with van der Waals surface area (Å²) in [6, 6.07) is 51.5. The largest absolute Gasteiger partial charge is 0.310 e. The summed E-state index contributed by atoms with van der Waals surface area (Å²) >= 11 is 0. The van der Waals surface area contributed by atoms with Gasteiger partial charge in [-0.3, -0.25) is 0 Å². The summed E-state index contributed by atoms with van der Waals surface area (Å²) in [5, 5.41) is 8.17. The second kappa shape index (κ2) is 12.4. The van der Waals surface area contributed by atoms with Gasteiger partial charge in [-0.15, -0.1) is 0 Å². The van der Waals surface area contributed by atoms with Gasteiger partial charge in [0.05, 0.1) is 32.9 Å². The maximum Gasteiger partial charge on any atom is 0.0775 e. The van der Waals surface area contributed by atoms with Gasteiger partial charge in [-0.2, -0.15) is 0 Å². The van der Waals surface area contributed by atoms with E-state index in [4.69, 9.17) is 0 Å². The van der Waals surface area contributed by atoms with E-state index in [9.17, 15) is 0 Å². The number of anilines is 3. The standard InChI is InChI=1S/C51H52N2Si2/c1-33-15-27-47-43(29-33)44-30-34(2)16-28-48(44)53(47)49-32-46-50(41-14-12-11-13-40(41)49)42-26-21-37(31-45(42)51(46,3)4)52(35-17-22-38(23-18-35)54(5,6)7)36-19-24-39(25-20-36)55(8,9)10/h11-32H,1-10H3. The highest BCUT2D eigenvalue weighted by Gasteiger charge is 2.38. The minimum Gasteiger partial charge on any atom is -0.310 e. The molecule has 9 rings (SSSR count). The SMILES string of the molecule is Cc1ccc2c(c1)c1cc(C)ccc1n2-c1cc2c(c3ccccc13)-c1ccc(N(c3ccc([Si](C)(C)C)cc3)c3ccc([Si](C)(C)C)cc3)cc1C2(C)C. The molecule has 0 N–H and O–H groups in total. The molecule has 0 spiro atoms. The molecule has 0 unspecified atom stereocenters. The summed E-state index contributed by atoms with van der Waals surface area (Å²) in [5.41, 5.74) is 15.1. The third-order valence-electron chi connectivity index (χ3n) is 12.2. The van der Waals surface area contributed by atoms with Crippen LogP contribution in [0.1, 0.15) is 36.1 Å². The number of hydrogen-bond acceptors (Lipinski definition) is 1. The van der Waals surface area contributed by atoms with Crippen molar-refractivity contribution in [3.8, 4) is 16.8 Å². The fraction of sp³-hybridized carbons (Fsp3) is 0.216. The maximum atomic E-state index is 2.52. The van der Waals surface area contributed by atoms with Crippen molar-refractivity contribution < 1.29 is 0 Å². The summed E-state index contributed by atoms with van der Waals surface area (Å²) in [7, 11) is -2.89. The van der Waals surface area contributed by atoms with Crippen molar-refractivity contribution >= 4 is 76.2 Å². The average molecular weight is 749 g/mol. The van der Waals surface area contributed by atoms with Gasteiger partial charge in [0.15, 0.2) is 0 Å². The molecule has 1 heterocycles. The van der Waals surface area contributed by atoms with Crippen LogP contribution in [-0.4, -0.2) is 20.7 Å². The topological polar surface area (TPSA) is 8.17 Å². The lowest BCUT2D eigenvalue weighted by molar-refractivity contribution is 0.660. The van der Waals surface area contributed by atoms with Gasteiger partial charge in [-0.1, -0.05) is 141 Å². The lowest BCUT2D eigenvalue weighted by Gasteiger charge is -2.29. The highest BCUT2D eigenvalue weighted by Crippen LogP contribution is 2.54. The molecule has 4 heteroatoms. The predicted octanol–water partition coefficient (Wildman–Crippen LogP) is 13.4. The van der Waals surface area contributed by atoms with Crippen LogP contribution in [0.4, 0.5) is 17.1 Å². The van der Waals surface area contributed by atoms with E-state index in [2.05, 4.69) is 210 Å². The number of aromatic nitrogens is 1. The molecule has 0 radical (unpaired) electrons. The van der Waals surface area contributed by atoms with Gasteiger partial charge >= 0.3 is 0 Å². The Morgan fingerprint density at radius 3 is 1.47 bits per heavy atom.